The van der Waals surface area contributed by atoms with Crippen LogP contribution in [-0.4, -0.2) is 34.0 Å². The van der Waals surface area contributed by atoms with E-state index in [1.165, 1.54) is 12.1 Å². The molecule has 2 rings (SSSR count). The Labute approximate surface area is 118 Å². The van der Waals surface area contributed by atoms with Gasteiger partial charge in [-0.2, -0.15) is 0 Å². The summed E-state index contributed by atoms with van der Waals surface area (Å²) in [5.74, 6) is -0.0953. The van der Waals surface area contributed by atoms with Crippen LogP contribution in [0.4, 0.5) is 11.4 Å². The fourth-order valence-electron chi connectivity index (χ4n) is 2.45. The number of hydrogen-bond acceptors (Lipinski definition) is 5. The van der Waals surface area contributed by atoms with Crippen LogP contribution in [0.15, 0.2) is 23.1 Å². The van der Waals surface area contributed by atoms with Gasteiger partial charge in [0.1, 0.15) is 6.04 Å². The van der Waals surface area contributed by atoms with Gasteiger partial charge >= 0.3 is 0 Å². The van der Waals surface area contributed by atoms with Crippen molar-refractivity contribution < 1.29 is 13.2 Å². The van der Waals surface area contributed by atoms with Gasteiger partial charge in [-0.25, -0.2) is 13.6 Å². The average molecular weight is 298 g/mol. The van der Waals surface area contributed by atoms with Crippen LogP contribution in [-0.2, 0) is 14.8 Å². The van der Waals surface area contributed by atoms with Crippen LogP contribution >= 0.6 is 0 Å². The van der Waals surface area contributed by atoms with Crippen LogP contribution in [0.5, 0.6) is 0 Å². The first-order valence-electron chi connectivity index (χ1n) is 6.24. The Kier molecular flexibility index (Phi) is 3.87. The number of amides is 1. The molecular weight excluding hydrogens is 280 g/mol. The van der Waals surface area contributed by atoms with Crippen molar-refractivity contribution in [1.82, 2.24) is 5.32 Å². The molecule has 5 N–H and O–H groups in total. The summed E-state index contributed by atoms with van der Waals surface area (Å²) in [6, 6.07) is 4.10. The minimum atomic E-state index is -3.83. The number of carbonyl (C=O) groups is 1. The number of sulfonamides is 1. The Morgan fingerprint density at radius 3 is 2.70 bits per heavy atom. The van der Waals surface area contributed by atoms with Crippen molar-refractivity contribution in [3.63, 3.8) is 0 Å². The quantitative estimate of drug-likeness (QED) is 0.658. The summed E-state index contributed by atoms with van der Waals surface area (Å²) in [6.45, 7) is 0.672. The number of benzene rings is 1. The molecule has 8 heteroatoms. The monoisotopic (exact) mass is 298 g/mol. The average Bonchev–Trinajstić information content (AvgIpc) is 2.85. The van der Waals surface area contributed by atoms with E-state index in [2.05, 4.69) is 5.32 Å². The van der Waals surface area contributed by atoms with Gasteiger partial charge in [0, 0.05) is 25.0 Å². The van der Waals surface area contributed by atoms with Crippen molar-refractivity contribution in [2.45, 2.75) is 23.8 Å². The highest BCUT2D eigenvalue weighted by molar-refractivity contribution is 7.89. The summed E-state index contributed by atoms with van der Waals surface area (Å²) in [5, 5.41) is 7.74. The van der Waals surface area contributed by atoms with E-state index < -0.39 is 10.0 Å². The molecule has 1 aliphatic heterocycles. The number of nitrogens with zero attached hydrogens (tertiary/aromatic N) is 1. The SMILES string of the molecule is CNC(=O)C1CCCN1c1cc(N)cc(S(N)(=O)=O)c1. The lowest BCUT2D eigenvalue weighted by Crippen LogP contribution is -2.42. The molecule has 1 atom stereocenters. The van der Waals surface area contributed by atoms with Gasteiger partial charge in [0.2, 0.25) is 15.9 Å². The van der Waals surface area contributed by atoms with Gasteiger partial charge in [-0.05, 0) is 31.0 Å². The van der Waals surface area contributed by atoms with Crippen LogP contribution in [0.1, 0.15) is 12.8 Å². The molecule has 1 heterocycles. The van der Waals surface area contributed by atoms with E-state index in [0.29, 0.717) is 17.9 Å². The molecule has 1 amide bonds. The van der Waals surface area contributed by atoms with Crippen molar-refractivity contribution in [3.8, 4) is 0 Å². The van der Waals surface area contributed by atoms with Crippen molar-refractivity contribution in [1.29, 1.82) is 0 Å². The highest BCUT2D eigenvalue weighted by Crippen LogP contribution is 2.29. The number of rotatable bonds is 3. The topological polar surface area (TPSA) is 119 Å². The summed E-state index contributed by atoms with van der Waals surface area (Å²) in [6.07, 6.45) is 1.58. The molecule has 7 nitrogen and oxygen atoms in total. The van der Waals surface area contributed by atoms with Gasteiger partial charge in [-0.15, -0.1) is 0 Å². The summed E-state index contributed by atoms with van der Waals surface area (Å²) in [7, 11) is -2.25. The van der Waals surface area contributed by atoms with Crippen molar-refractivity contribution in [2.24, 2.45) is 5.14 Å². The van der Waals surface area contributed by atoms with Crippen LogP contribution in [0.2, 0.25) is 0 Å². The van der Waals surface area contributed by atoms with Crippen LogP contribution in [0.25, 0.3) is 0 Å². The largest absolute Gasteiger partial charge is 0.399 e. The third kappa shape index (κ3) is 2.86. The lowest BCUT2D eigenvalue weighted by Gasteiger charge is -2.26. The normalized spacial score (nSPS) is 19.1. The summed E-state index contributed by atoms with van der Waals surface area (Å²) < 4.78 is 22.9. The molecule has 1 aliphatic rings. The maximum Gasteiger partial charge on any atom is 0.242 e. The van der Waals surface area contributed by atoms with Gasteiger partial charge in [0.05, 0.1) is 4.90 Å². The zero-order chi connectivity index (χ0) is 14.9. The predicted molar refractivity (Wildman–Crippen MR) is 76.7 cm³/mol. The Bertz CT molecular complexity index is 630. The lowest BCUT2D eigenvalue weighted by molar-refractivity contribution is -0.121. The first kappa shape index (κ1) is 14.6. The molecule has 110 valence electrons. The molecule has 1 fully saturated rings. The highest BCUT2D eigenvalue weighted by atomic mass is 32.2. The fourth-order valence-corrected chi connectivity index (χ4v) is 3.04. The van der Waals surface area contributed by atoms with Crippen molar-refractivity contribution >= 4 is 27.3 Å². The molecule has 0 saturated carbocycles. The van der Waals surface area contributed by atoms with Gasteiger partial charge in [-0.3, -0.25) is 4.79 Å². The second-order valence-electron chi connectivity index (χ2n) is 4.77. The molecular formula is C12H18N4O3S. The van der Waals surface area contributed by atoms with Gasteiger partial charge in [0.25, 0.3) is 0 Å². The number of anilines is 2. The highest BCUT2D eigenvalue weighted by Gasteiger charge is 2.30. The minimum Gasteiger partial charge on any atom is -0.399 e. The third-order valence-corrected chi connectivity index (χ3v) is 4.27. The van der Waals surface area contributed by atoms with Crippen LogP contribution in [0, 0.1) is 0 Å². The van der Waals surface area contributed by atoms with E-state index in [1.807, 2.05) is 4.90 Å². The zero-order valence-electron chi connectivity index (χ0n) is 11.2. The van der Waals surface area contributed by atoms with Crippen molar-refractivity contribution in [3.05, 3.63) is 18.2 Å². The number of carbonyl (C=O) groups excluding carboxylic acids is 1. The minimum absolute atomic E-state index is 0.0462. The van der Waals surface area contributed by atoms with Gasteiger partial charge in [0.15, 0.2) is 0 Å². The van der Waals surface area contributed by atoms with E-state index in [-0.39, 0.29) is 16.8 Å². The standard InChI is InChI=1S/C12H18N4O3S/c1-15-12(17)11-3-2-4-16(11)9-5-8(13)6-10(7-9)20(14,18)19/h5-7,11H,2-4,13H2,1H3,(H,15,17)(H2,14,18,19). The third-order valence-electron chi connectivity index (χ3n) is 3.38. The lowest BCUT2D eigenvalue weighted by atomic mass is 10.2. The molecule has 0 spiro atoms. The van der Waals surface area contributed by atoms with Crippen molar-refractivity contribution in [2.75, 3.05) is 24.2 Å². The zero-order valence-corrected chi connectivity index (χ0v) is 12.0. The maximum absolute atomic E-state index is 11.8. The second kappa shape index (κ2) is 5.29. The number of nitrogens with two attached hydrogens (primary N) is 2. The Morgan fingerprint density at radius 1 is 1.40 bits per heavy atom. The first-order valence-corrected chi connectivity index (χ1v) is 7.79. The van der Waals surface area contributed by atoms with Crippen LogP contribution < -0.4 is 21.1 Å². The number of hydrogen-bond donors (Lipinski definition) is 3. The molecule has 0 aromatic heterocycles. The van der Waals surface area contributed by atoms with Gasteiger partial charge < -0.3 is 16.0 Å². The summed E-state index contributed by atoms with van der Waals surface area (Å²) in [5.41, 5.74) is 6.63. The first-order chi connectivity index (χ1) is 9.32. The number of primary sulfonamides is 1. The summed E-state index contributed by atoms with van der Waals surface area (Å²) >= 11 is 0. The molecule has 1 aromatic rings. The van der Waals surface area contributed by atoms with E-state index in [1.54, 1.807) is 13.1 Å². The smallest absolute Gasteiger partial charge is 0.242 e. The maximum atomic E-state index is 11.8. The molecule has 0 bridgehead atoms. The van der Waals surface area contributed by atoms with E-state index in [4.69, 9.17) is 10.9 Å². The Balaban J connectivity index is 2.42. The molecule has 0 radical (unpaired) electrons. The Morgan fingerprint density at radius 2 is 2.10 bits per heavy atom. The second-order valence-corrected chi connectivity index (χ2v) is 6.33. The molecule has 1 saturated heterocycles. The van der Waals surface area contributed by atoms with E-state index in [9.17, 15) is 13.2 Å². The molecule has 1 aromatic carbocycles. The summed E-state index contributed by atoms with van der Waals surface area (Å²) in [4.78, 5) is 13.6. The number of likely N-dealkylation sites (N-methyl/N-ethyl adjacent to an activating group) is 1. The van der Waals surface area contributed by atoms with E-state index >= 15 is 0 Å². The molecule has 20 heavy (non-hydrogen) atoms. The number of nitrogens with one attached hydrogen (secondary N) is 1. The van der Waals surface area contributed by atoms with Crippen LogP contribution in [0.3, 0.4) is 0 Å². The molecule has 0 aliphatic carbocycles. The van der Waals surface area contributed by atoms with Gasteiger partial charge in [-0.1, -0.05) is 0 Å². The van der Waals surface area contributed by atoms with E-state index in [0.717, 1.165) is 12.8 Å². The Hall–Kier alpha value is -1.80. The number of nitrogen functional groups attached to an aromatic ring is 1. The molecule has 1 unspecified atom stereocenters. The predicted octanol–water partition coefficient (Wildman–Crippen LogP) is -0.369. The fraction of sp³-hybridized carbons (Fsp3) is 0.417.